The summed E-state index contributed by atoms with van der Waals surface area (Å²) in [6.07, 6.45) is 3.99. The topological polar surface area (TPSA) is 22.1 Å². The van der Waals surface area contributed by atoms with Gasteiger partial charge >= 0.3 is 0 Å². The smallest absolute Gasteiger partial charge is 0.0932 e. The highest BCUT2D eigenvalue weighted by atomic mass is 32.1. The van der Waals surface area contributed by atoms with Gasteiger partial charge in [0.25, 0.3) is 0 Å². The summed E-state index contributed by atoms with van der Waals surface area (Å²) in [5.74, 6) is 0.937. The van der Waals surface area contributed by atoms with Gasteiger partial charge in [0, 0.05) is 18.9 Å². The minimum Gasteiger partial charge on any atom is -0.378 e. The van der Waals surface area contributed by atoms with Crippen molar-refractivity contribution in [1.82, 2.24) is 4.98 Å². The highest BCUT2D eigenvalue weighted by Gasteiger charge is 2.22. The van der Waals surface area contributed by atoms with Crippen LogP contribution >= 0.6 is 11.3 Å². The average molecular weight is 183 g/mol. The molecule has 0 unspecified atom stereocenters. The Morgan fingerprint density at radius 1 is 1.67 bits per heavy atom. The quantitative estimate of drug-likeness (QED) is 0.714. The zero-order chi connectivity index (χ0) is 8.39. The lowest BCUT2D eigenvalue weighted by molar-refractivity contribution is 0.182. The first-order chi connectivity index (χ1) is 5.88. The van der Waals surface area contributed by atoms with E-state index in [-0.39, 0.29) is 0 Å². The Morgan fingerprint density at radius 2 is 2.50 bits per heavy atom. The molecule has 0 atom stereocenters. The molecule has 0 amide bonds. The number of methoxy groups -OCH3 is 1. The molecule has 0 bridgehead atoms. The predicted octanol–water partition coefficient (Wildman–Crippen LogP) is 2.24. The van der Waals surface area contributed by atoms with Crippen molar-refractivity contribution in [3.8, 4) is 0 Å². The van der Waals surface area contributed by atoms with E-state index < -0.39 is 0 Å². The molecule has 3 heteroatoms. The molecular formula is C9H13NOS. The second-order valence-corrected chi connectivity index (χ2v) is 4.26. The number of ether oxygens (including phenoxy) is 1. The van der Waals surface area contributed by atoms with Crippen LogP contribution in [0.5, 0.6) is 0 Å². The standard InChI is InChI=1S/C9H13NOS/c1-11-5-8-6-12-9(10-8)4-7-2-3-7/h6-7H,2-5H2,1H3. The second-order valence-electron chi connectivity index (χ2n) is 3.31. The third kappa shape index (κ3) is 2.05. The fraction of sp³-hybridized carbons (Fsp3) is 0.667. The Kier molecular flexibility index (Phi) is 2.42. The zero-order valence-corrected chi connectivity index (χ0v) is 8.06. The third-order valence-corrected chi connectivity index (χ3v) is 2.97. The average Bonchev–Trinajstić information content (AvgIpc) is 2.74. The SMILES string of the molecule is COCc1csc(CC2CC2)n1. The molecule has 1 aromatic rings. The van der Waals surface area contributed by atoms with E-state index in [2.05, 4.69) is 10.4 Å². The summed E-state index contributed by atoms with van der Waals surface area (Å²) in [6, 6.07) is 0. The van der Waals surface area contributed by atoms with Crippen molar-refractivity contribution in [2.45, 2.75) is 25.9 Å². The molecule has 0 radical (unpaired) electrons. The number of hydrogen-bond donors (Lipinski definition) is 0. The van der Waals surface area contributed by atoms with Gasteiger partial charge < -0.3 is 4.74 Å². The van der Waals surface area contributed by atoms with Crippen molar-refractivity contribution in [2.75, 3.05) is 7.11 Å². The second kappa shape index (κ2) is 3.54. The van der Waals surface area contributed by atoms with Crippen molar-refractivity contribution in [3.05, 3.63) is 16.1 Å². The van der Waals surface area contributed by atoms with E-state index in [0.29, 0.717) is 6.61 Å². The van der Waals surface area contributed by atoms with Crippen LogP contribution in [0.15, 0.2) is 5.38 Å². The number of thiazole rings is 1. The van der Waals surface area contributed by atoms with Crippen LogP contribution in [0.2, 0.25) is 0 Å². The molecule has 0 aromatic carbocycles. The number of rotatable bonds is 4. The molecule has 1 aromatic heterocycles. The third-order valence-electron chi connectivity index (χ3n) is 2.05. The van der Waals surface area contributed by atoms with Gasteiger partial charge in [0.05, 0.1) is 17.3 Å². The van der Waals surface area contributed by atoms with Gasteiger partial charge in [0.15, 0.2) is 0 Å². The first-order valence-corrected chi connectivity index (χ1v) is 5.18. The molecule has 0 aliphatic heterocycles. The lowest BCUT2D eigenvalue weighted by atomic mass is 10.3. The summed E-state index contributed by atoms with van der Waals surface area (Å²) in [6.45, 7) is 0.654. The summed E-state index contributed by atoms with van der Waals surface area (Å²) in [4.78, 5) is 4.47. The van der Waals surface area contributed by atoms with Crippen molar-refractivity contribution >= 4 is 11.3 Å². The van der Waals surface area contributed by atoms with Crippen molar-refractivity contribution in [2.24, 2.45) is 5.92 Å². The highest BCUT2D eigenvalue weighted by Crippen LogP contribution is 2.33. The van der Waals surface area contributed by atoms with Gasteiger partial charge in [-0.15, -0.1) is 11.3 Å². The molecule has 66 valence electrons. The molecule has 1 heterocycles. The number of aromatic nitrogens is 1. The summed E-state index contributed by atoms with van der Waals surface area (Å²) in [7, 11) is 1.71. The maximum Gasteiger partial charge on any atom is 0.0932 e. The van der Waals surface area contributed by atoms with Crippen LogP contribution in [0.4, 0.5) is 0 Å². The Hall–Kier alpha value is -0.410. The van der Waals surface area contributed by atoms with Crippen LogP contribution in [-0.2, 0) is 17.8 Å². The maximum absolute atomic E-state index is 5.01. The summed E-state index contributed by atoms with van der Waals surface area (Å²) in [5.41, 5.74) is 1.08. The van der Waals surface area contributed by atoms with Crippen molar-refractivity contribution < 1.29 is 4.74 Å². The summed E-state index contributed by atoms with van der Waals surface area (Å²) in [5, 5.41) is 3.38. The van der Waals surface area contributed by atoms with Crippen molar-refractivity contribution in [3.63, 3.8) is 0 Å². The van der Waals surface area contributed by atoms with Gasteiger partial charge in [-0.2, -0.15) is 0 Å². The predicted molar refractivity (Wildman–Crippen MR) is 49.3 cm³/mol. The largest absolute Gasteiger partial charge is 0.378 e. The van der Waals surface area contributed by atoms with E-state index in [1.54, 1.807) is 18.4 Å². The van der Waals surface area contributed by atoms with E-state index >= 15 is 0 Å². The van der Waals surface area contributed by atoms with Gasteiger partial charge in [-0.3, -0.25) is 0 Å². The Balaban J connectivity index is 1.92. The molecule has 1 fully saturated rings. The molecule has 2 rings (SSSR count). The van der Waals surface area contributed by atoms with Gasteiger partial charge in [-0.05, 0) is 18.8 Å². The molecule has 1 aliphatic carbocycles. The first kappa shape index (κ1) is 8.20. The van der Waals surface area contributed by atoms with Gasteiger partial charge in [0.1, 0.15) is 0 Å². The Bertz CT molecular complexity index is 255. The number of hydrogen-bond acceptors (Lipinski definition) is 3. The first-order valence-electron chi connectivity index (χ1n) is 4.30. The fourth-order valence-electron chi connectivity index (χ4n) is 1.23. The molecule has 1 aliphatic rings. The van der Waals surface area contributed by atoms with Crippen LogP contribution in [0.25, 0.3) is 0 Å². The normalized spacial score (nSPS) is 16.8. The van der Waals surface area contributed by atoms with E-state index in [0.717, 1.165) is 11.6 Å². The van der Waals surface area contributed by atoms with Gasteiger partial charge in [-0.1, -0.05) is 0 Å². The molecule has 1 saturated carbocycles. The molecule has 12 heavy (non-hydrogen) atoms. The van der Waals surface area contributed by atoms with Crippen LogP contribution in [0, 0.1) is 5.92 Å². The summed E-state index contributed by atoms with van der Waals surface area (Å²) >= 11 is 1.77. The van der Waals surface area contributed by atoms with Crippen molar-refractivity contribution in [1.29, 1.82) is 0 Å². The Morgan fingerprint density at radius 3 is 3.17 bits per heavy atom. The molecule has 2 nitrogen and oxygen atoms in total. The van der Waals surface area contributed by atoms with Gasteiger partial charge in [-0.25, -0.2) is 4.98 Å². The zero-order valence-electron chi connectivity index (χ0n) is 7.25. The minimum absolute atomic E-state index is 0.654. The molecule has 0 N–H and O–H groups in total. The van der Waals surface area contributed by atoms with E-state index in [1.807, 2.05) is 0 Å². The van der Waals surface area contributed by atoms with Gasteiger partial charge in [0.2, 0.25) is 0 Å². The fourth-order valence-corrected chi connectivity index (χ4v) is 2.12. The molecular weight excluding hydrogens is 170 g/mol. The molecule has 0 saturated heterocycles. The maximum atomic E-state index is 5.01. The summed E-state index contributed by atoms with van der Waals surface area (Å²) < 4.78 is 5.01. The van der Waals surface area contributed by atoms with E-state index in [9.17, 15) is 0 Å². The lowest BCUT2D eigenvalue weighted by Crippen LogP contribution is -1.90. The van der Waals surface area contributed by atoms with E-state index in [1.165, 1.54) is 24.3 Å². The number of nitrogens with zero attached hydrogens (tertiary/aromatic N) is 1. The van der Waals surface area contributed by atoms with Crippen LogP contribution in [0.1, 0.15) is 23.5 Å². The highest BCUT2D eigenvalue weighted by molar-refractivity contribution is 7.09. The van der Waals surface area contributed by atoms with E-state index in [4.69, 9.17) is 4.74 Å². The van der Waals surface area contributed by atoms with Crippen LogP contribution < -0.4 is 0 Å². The minimum atomic E-state index is 0.654. The Labute approximate surface area is 76.6 Å². The monoisotopic (exact) mass is 183 g/mol. The molecule has 0 spiro atoms. The lowest BCUT2D eigenvalue weighted by Gasteiger charge is -1.91. The van der Waals surface area contributed by atoms with Crippen LogP contribution in [-0.4, -0.2) is 12.1 Å². The van der Waals surface area contributed by atoms with Crippen LogP contribution in [0.3, 0.4) is 0 Å².